The quantitative estimate of drug-likeness (QED) is 0.734. The Balaban J connectivity index is 1.88. The summed E-state index contributed by atoms with van der Waals surface area (Å²) in [5.41, 5.74) is -0.482. The monoisotopic (exact) mass is 356 g/mol. The molecule has 146 valence electrons. The highest BCUT2D eigenvalue weighted by Crippen LogP contribution is 2.28. The number of amides is 1. The Morgan fingerprint density at radius 3 is 2.64 bits per heavy atom. The Morgan fingerprint density at radius 1 is 1.24 bits per heavy atom. The molecule has 1 amide bonds. The molecule has 0 bridgehead atoms. The minimum atomic E-state index is -0.482. The number of hydrogen-bond donors (Lipinski definition) is 2. The zero-order chi connectivity index (χ0) is 18.4. The van der Waals surface area contributed by atoms with Gasteiger partial charge in [0.2, 0.25) is 0 Å². The largest absolute Gasteiger partial charge is 0.444 e. The Bertz CT molecular complexity index is 422. The van der Waals surface area contributed by atoms with Crippen LogP contribution in [0.4, 0.5) is 4.79 Å². The molecule has 1 aliphatic carbocycles. The predicted octanol–water partition coefficient (Wildman–Crippen LogP) is 2.99. The SMILES string of the molecule is CCCC1CC(NC2C(NC(=O)OC(C)(C)C)CC2OCC)CCO1. The van der Waals surface area contributed by atoms with Crippen molar-refractivity contribution in [1.82, 2.24) is 10.6 Å². The van der Waals surface area contributed by atoms with Crippen molar-refractivity contribution in [2.75, 3.05) is 13.2 Å². The van der Waals surface area contributed by atoms with E-state index in [4.69, 9.17) is 14.2 Å². The molecule has 2 rings (SSSR count). The third-order valence-corrected chi connectivity index (χ3v) is 4.81. The molecule has 1 saturated carbocycles. The highest BCUT2D eigenvalue weighted by Gasteiger charge is 2.44. The van der Waals surface area contributed by atoms with Crippen molar-refractivity contribution in [3.05, 3.63) is 0 Å². The lowest BCUT2D eigenvalue weighted by molar-refractivity contribution is -0.0589. The lowest BCUT2D eigenvalue weighted by Gasteiger charge is -2.47. The van der Waals surface area contributed by atoms with Gasteiger partial charge in [-0.2, -0.15) is 0 Å². The molecule has 0 spiro atoms. The normalized spacial score (nSPS) is 32.8. The van der Waals surface area contributed by atoms with Gasteiger partial charge in [-0.15, -0.1) is 0 Å². The standard InChI is InChI=1S/C19H36N2O4/c1-6-8-14-11-13(9-10-24-14)20-17-15(12-16(17)23-7-2)21-18(22)25-19(3,4)5/h13-17,20H,6-12H2,1-5H3,(H,21,22). The fourth-order valence-electron chi connectivity index (χ4n) is 3.65. The van der Waals surface area contributed by atoms with E-state index in [0.717, 1.165) is 38.7 Å². The van der Waals surface area contributed by atoms with Gasteiger partial charge in [0.05, 0.1) is 24.3 Å². The molecule has 1 aliphatic heterocycles. The molecular weight excluding hydrogens is 320 g/mol. The van der Waals surface area contributed by atoms with Crippen LogP contribution in [-0.2, 0) is 14.2 Å². The summed E-state index contributed by atoms with van der Waals surface area (Å²) in [6, 6.07) is 0.609. The second-order valence-corrected chi connectivity index (χ2v) is 8.18. The molecule has 25 heavy (non-hydrogen) atoms. The van der Waals surface area contributed by atoms with E-state index in [-0.39, 0.29) is 24.3 Å². The van der Waals surface area contributed by atoms with E-state index in [0.29, 0.717) is 18.8 Å². The van der Waals surface area contributed by atoms with Gasteiger partial charge in [0, 0.05) is 19.3 Å². The molecule has 0 aromatic heterocycles. The second kappa shape index (κ2) is 9.19. The summed E-state index contributed by atoms with van der Waals surface area (Å²) < 4.78 is 17.1. The molecule has 6 nitrogen and oxygen atoms in total. The summed E-state index contributed by atoms with van der Waals surface area (Å²) in [4.78, 5) is 12.1. The Kier molecular flexibility index (Phi) is 7.52. The lowest BCUT2D eigenvalue weighted by atomic mass is 9.81. The molecule has 2 aliphatic rings. The maximum Gasteiger partial charge on any atom is 0.407 e. The van der Waals surface area contributed by atoms with Gasteiger partial charge in [-0.3, -0.25) is 0 Å². The van der Waals surface area contributed by atoms with Crippen LogP contribution in [0.2, 0.25) is 0 Å². The van der Waals surface area contributed by atoms with Crippen LogP contribution in [0.5, 0.6) is 0 Å². The van der Waals surface area contributed by atoms with Crippen LogP contribution in [0, 0.1) is 0 Å². The molecular formula is C19H36N2O4. The van der Waals surface area contributed by atoms with E-state index in [1.807, 2.05) is 27.7 Å². The Morgan fingerprint density at radius 2 is 2.00 bits per heavy atom. The predicted molar refractivity (Wildman–Crippen MR) is 97.8 cm³/mol. The van der Waals surface area contributed by atoms with E-state index in [9.17, 15) is 4.79 Å². The van der Waals surface area contributed by atoms with Gasteiger partial charge in [-0.1, -0.05) is 13.3 Å². The number of alkyl carbamates (subject to hydrolysis) is 1. The fraction of sp³-hybridized carbons (Fsp3) is 0.947. The first kappa shape index (κ1) is 20.5. The zero-order valence-electron chi connectivity index (χ0n) is 16.5. The Hall–Kier alpha value is -0.850. The molecule has 6 heteroatoms. The van der Waals surface area contributed by atoms with Crippen LogP contribution in [0.15, 0.2) is 0 Å². The van der Waals surface area contributed by atoms with Crippen molar-refractivity contribution < 1.29 is 19.0 Å². The molecule has 5 unspecified atom stereocenters. The lowest BCUT2D eigenvalue weighted by Crippen LogP contribution is -2.68. The van der Waals surface area contributed by atoms with Gasteiger partial charge in [-0.05, 0) is 53.4 Å². The van der Waals surface area contributed by atoms with Crippen LogP contribution < -0.4 is 10.6 Å². The van der Waals surface area contributed by atoms with Gasteiger partial charge in [0.15, 0.2) is 0 Å². The van der Waals surface area contributed by atoms with E-state index >= 15 is 0 Å². The van der Waals surface area contributed by atoms with Crippen LogP contribution in [0.25, 0.3) is 0 Å². The van der Waals surface area contributed by atoms with Crippen molar-refractivity contribution in [1.29, 1.82) is 0 Å². The average molecular weight is 357 g/mol. The molecule has 1 saturated heterocycles. The van der Waals surface area contributed by atoms with Gasteiger partial charge >= 0.3 is 6.09 Å². The third kappa shape index (κ3) is 6.42. The van der Waals surface area contributed by atoms with Crippen LogP contribution in [0.3, 0.4) is 0 Å². The summed E-state index contributed by atoms with van der Waals surface area (Å²) in [6.07, 6.45) is 5.26. The number of ether oxygens (including phenoxy) is 3. The highest BCUT2D eigenvalue weighted by molar-refractivity contribution is 5.68. The summed E-state index contributed by atoms with van der Waals surface area (Å²) in [5, 5.41) is 6.72. The highest BCUT2D eigenvalue weighted by atomic mass is 16.6. The van der Waals surface area contributed by atoms with Crippen LogP contribution in [0.1, 0.15) is 66.7 Å². The van der Waals surface area contributed by atoms with Crippen molar-refractivity contribution in [3.8, 4) is 0 Å². The summed E-state index contributed by atoms with van der Waals surface area (Å²) >= 11 is 0. The molecule has 1 heterocycles. The molecule has 0 aromatic carbocycles. The molecule has 5 atom stereocenters. The number of rotatable bonds is 7. The average Bonchev–Trinajstić information content (AvgIpc) is 2.51. The van der Waals surface area contributed by atoms with Crippen molar-refractivity contribution in [3.63, 3.8) is 0 Å². The number of nitrogens with one attached hydrogen (secondary N) is 2. The van der Waals surface area contributed by atoms with E-state index in [2.05, 4.69) is 17.6 Å². The maximum absolute atomic E-state index is 12.1. The Labute approximate surface area is 152 Å². The molecule has 2 N–H and O–H groups in total. The van der Waals surface area contributed by atoms with Gasteiger partial charge in [0.1, 0.15) is 5.60 Å². The minimum Gasteiger partial charge on any atom is -0.444 e. The van der Waals surface area contributed by atoms with Gasteiger partial charge in [-0.25, -0.2) is 4.79 Å². The van der Waals surface area contributed by atoms with Gasteiger partial charge in [0.25, 0.3) is 0 Å². The first-order chi connectivity index (χ1) is 11.8. The number of carbonyl (C=O) groups excluding carboxylic acids is 1. The fourth-order valence-corrected chi connectivity index (χ4v) is 3.65. The zero-order valence-corrected chi connectivity index (χ0v) is 16.5. The molecule has 2 fully saturated rings. The minimum absolute atomic E-state index is 0.0545. The first-order valence-corrected chi connectivity index (χ1v) is 9.81. The summed E-state index contributed by atoms with van der Waals surface area (Å²) in [7, 11) is 0. The van der Waals surface area contributed by atoms with E-state index in [1.165, 1.54) is 0 Å². The van der Waals surface area contributed by atoms with Crippen LogP contribution in [-0.4, -0.2) is 55.2 Å². The first-order valence-electron chi connectivity index (χ1n) is 9.81. The van der Waals surface area contributed by atoms with Crippen molar-refractivity contribution in [2.24, 2.45) is 0 Å². The molecule has 0 radical (unpaired) electrons. The maximum atomic E-state index is 12.1. The summed E-state index contributed by atoms with van der Waals surface area (Å²) in [5.74, 6) is 0. The summed E-state index contributed by atoms with van der Waals surface area (Å²) in [6.45, 7) is 11.3. The van der Waals surface area contributed by atoms with E-state index in [1.54, 1.807) is 0 Å². The number of carbonyl (C=O) groups is 1. The third-order valence-electron chi connectivity index (χ3n) is 4.81. The van der Waals surface area contributed by atoms with Crippen LogP contribution >= 0.6 is 0 Å². The molecule has 0 aromatic rings. The smallest absolute Gasteiger partial charge is 0.407 e. The van der Waals surface area contributed by atoms with E-state index < -0.39 is 5.60 Å². The topological polar surface area (TPSA) is 68.8 Å². The van der Waals surface area contributed by atoms with Crippen molar-refractivity contribution in [2.45, 2.75) is 103 Å². The number of hydrogen-bond acceptors (Lipinski definition) is 5. The van der Waals surface area contributed by atoms with Crippen molar-refractivity contribution >= 4 is 6.09 Å². The van der Waals surface area contributed by atoms with Gasteiger partial charge < -0.3 is 24.8 Å². The second-order valence-electron chi connectivity index (χ2n) is 8.18.